The van der Waals surface area contributed by atoms with E-state index in [4.69, 9.17) is 14.2 Å². The maximum Gasteiger partial charge on any atom is 0.305 e. The molecule has 1 aromatic rings. The number of rotatable bonds is 15. The third-order valence-corrected chi connectivity index (χ3v) is 3.90. The molecule has 0 bridgehead atoms. The molecule has 0 aliphatic heterocycles. The maximum absolute atomic E-state index is 11.6. The van der Waals surface area contributed by atoms with Crippen LogP contribution in [0.1, 0.15) is 58.8 Å². The first-order chi connectivity index (χ1) is 13.1. The minimum absolute atomic E-state index is 0.107. The van der Waals surface area contributed by atoms with Crippen LogP contribution < -0.4 is 10.1 Å². The van der Waals surface area contributed by atoms with E-state index < -0.39 is 0 Å². The van der Waals surface area contributed by atoms with Crippen molar-refractivity contribution in [2.75, 3.05) is 31.7 Å². The van der Waals surface area contributed by atoms with E-state index in [1.807, 2.05) is 0 Å². The molecule has 1 aromatic carbocycles. The van der Waals surface area contributed by atoms with Gasteiger partial charge in [0.15, 0.2) is 0 Å². The van der Waals surface area contributed by atoms with E-state index >= 15 is 0 Å². The second-order valence-electron chi connectivity index (χ2n) is 6.40. The molecule has 0 fully saturated rings. The molecule has 0 aliphatic carbocycles. The van der Waals surface area contributed by atoms with Gasteiger partial charge in [-0.25, -0.2) is 0 Å². The summed E-state index contributed by atoms with van der Waals surface area (Å²) >= 11 is 0. The highest BCUT2D eigenvalue weighted by Gasteiger charge is 2.02. The van der Waals surface area contributed by atoms with Crippen molar-refractivity contribution in [3.05, 3.63) is 24.3 Å². The summed E-state index contributed by atoms with van der Waals surface area (Å²) < 4.78 is 16.1. The lowest BCUT2D eigenvalue weighted by Crippen LogP contribution is -2.13. The molecular weight excluding hydrogens is 346 g/mol. The average Bonchev–Trinajstić information content (AvgIpc) is 2.64. The number of ether oxygens (including phenoxy) is 3. The second-order valence-corrected chi connectivity index (χ2v) is 6.40. The van der Waals surface area contributed by atoms with Crippen molar-refractivity contribution in [1.29, 1.82) is 0 Å². The minimum Gasteiger partial charge on any atom is -0.491 e. The van der Waals surface area contributed by atoms with Crippen LogP contribution in [0.15, 0.2) is 24.3 Å². The van der Waals surface area contributed by atoms with Crippen LogP contribution in [-0.2, 0) is 19.1 Å². The molecule has 1 N–H and O–H groups in total. The lowest BCUT2D eigenvalue weighted by molar-refractivity contribution is -0.145. The van der Waals surface area contributed by atoms with Crippen LogP contribution in [0.4, 0.5) is 5.69 Å². The summed E-state index contributed by atoms with van der Waals surface area (Å²) in [5.74, 6) is 0.451. The Morgan fingerprint density at radius 1 is 0.889 bits per heavy atom. The SMILES string of the molecule is CCCCCCCCC(=O)OCCOCCOc1ccc(NC(C)=O)cc1. The number of amides is 1. The van der Waals surface area contributed by atoms with Gasteiger partial charge in [-0.05, 0) is 30.7 Å². The van der Waals surface area contributed by atoms with Gasteiger partial charge in [0.1, 0.15) is 19.0 Å². The highest BCUT2D eigenvalue weighted by Crippen LogP contribution is 2.15. The molecule has 1 amide bonds. The van der Waals surface area contributed by atoms with Gasteiger partial charge in [0.2, 0.25) is 5.91 Å². The maximum atomic E-state index is 11.6. The van der Waals surface area contributed by atoms with E-state index in [9.17, 15) is 9.59 Å². The third-order valence-electron chi connectivity index (χ3n) is 3.90. The lowest BCUT2D eigenvalue weighted by Gasteiger charge is -2.09. The number of unbranched alkanes of at least 4 members (excludes halogenated alkanes) is 5. The fraction of sp³-hybridized carbons (Fsp3) is 0.619. The third kappa shape index (κ3) is 12.8. The number of benzene rings is 1. The highest BCUT2D eigenvalue weighted by atomic mass is 16.6. The molecule has 27 heavy (non-hydrogen) atoms. The topological polar surface area (TPSA) is 73.9 Å². The van der Waals surface area contributed by atoms with Crippen LogP contribution in [0.25, 0.3) is 0 Å². The number of carbonyl (C=O) groups excluding carboxylic acids is 2. The Morgan fingerprint density at radius 2 is 1.56 bits per heavy atom. The van der Waals surface area contributed by atoms with E-state index in [-0.39, 0.29) is 18.5 Å². The molecule has 0 radical (unpaired) electrons. The van der Waals surface area contributed by atoms with Gasteiger partial charge in [0, 0.05) is 19.0 Å². The number of esters is 1. The quantitative estimate of drug-likeness (QED) is 0.363. The van der Waals surface area contributed by atoms with Crippen molar-refractivity contribution in [2.45, 2.75) is 58.8 Å². The van der Waals surface area contributed by atoms with E-state index in [2.05, 4.69) is 12.2 Å². The Kier molecular flexibility index (Phi) is 12.8. The van der Waals surface area contributed by atoms with Gasteiger partial charge in [-0.15, -0.1) is 0 Å². The zero-order chi connectivity index (χ0) is 19.7. The van der Waals surface area contributed by atoms with Crippen LogP contribution in [-0.4, -0.2) is 38.3 Å². The van der Waals surface area contributed by atoms with E-state index in [1.54, 1.807) is 24.3 Å². The number of hydrogen-bond acceptors (Lipinski definition) is 5. The summed E-state index contributed by atoms with van der Waals surface area (Å²) in [6, 6.07) is 7.13. The van der Waals surface area contributed by atoms with E-state index in [1.165, 1.54) is 32.6 Å². The summed E-state index contributed by atoms with van der Waals surface area (Å²) in [7, 11) is 0. The Hall–Kier alpha value is -2.08. The van der Waals surface area contributed by atoms with Gasteiger partial charge in [-0.1, -0.05) is 39.0 Å². The van der Waals surface area contributed by atoms with Crippen molar-refractivity contribution < 1.29 is 23.8 Å². The van der Waals surface area contributed by atoms with Crippen molar-refractivity contribution in [3.63, 3.8) is 0 Å². The second kappa shape index (κ2) is 15.0. The van der Waals surface area contributed by atoms with Crippen molar-refractivity contribution in [2.24, 2.45) is 0 Å². The predicted molar refractivity (Wildman–Crippen MR) is 106 cm³/mol. The van der Waals surface area contributed by atoms with Crippen LogP contribution in [0.2, 0.25) is 0 Å². The number of hydrogen-bond donors (Lipinski definition) is 1. The first-order valence-electron chi connectivity index (χ1n) is 9.85. The number of nitrogens with one attached hydrogen (secondary N) is 1. The summed E-state index contributed by atoms with van der Waals surface area (Å²) in [4.78, 5) is 22.5. The average molecular weight is 379 g/mol. The molecule has 0 saturated carbocycles. The Labute approximate surface area is 162 Å². The van der Waals surface area contributed by atoms with Gasteiger partial charge < -0.3 is 19.5 Å². The first kappa shape index (κ1) is 23.0. The Balaban J connectivity index is 1.95. The summed E-state index contributed by atoms with van der Waals surface area (Å²) in [5.41, 5.74) is 0.730. The first-order valence-corrected chi connectivity index (χ1v) is 9.85. The van der Waals surface area contributed by atoms with E-state index in [0.29, 0.717) is 32.0 Å². The van der Waals surface area contributed by atoms with Crippen LogP contribution in [0.3, 0.4) is 0 Å². The molecule has 0 unspecified atom stereocenters. The molecule has 6 nitrogen and oxygen atoms in total. The molecule has 6 heteroatoms. The Bertz CT molecular complexity index is 530. The van der Waals surface area contributed by atoms with Crippen molar-refractivity contribution in [3.8, 4) is 5.75 Å². The molecule has 152 valence electrons. The molecule has 0 spiro atoms. The van der Waals surface area contributed by atoms with Crippen molar-refractivity contribution >= 4 is 17.6 Å². The van der Waals surface area contributed by atoms with Gasteiger partial charge in [0.05, 0.1) is 13.2 Å². The normalized spacial score (nSPS) is 10.4. The molecule has 0 aromatic heterocycles. The van der Waals surface area contributed by atoms with Gasteiger partial charge in [-0.3, -0.25) is 9.59 Å². The fourth-order valence-corrected chi connectivity index (χ4v) is 2.49. The number of carbonyl (C=O) groups is 2. The molecule has 0 aliphatic rings. The molecular formula is C21H33NO5. The molecule has 0 heterocycles. The summed E-state index contributed by atoms with van der Waals surface area (Å²) in [6.45, 7) is 5.13. The van der Waals surface area contributed by atoms with E-state index in [0.717, 1.165) is 18.5 Å². The highest BCUT2D eigenvalue weighted by molar-refractivity contribution is 5.88. The van der Waals surface area contributed by atoms with Gasteiger partial charge in [0.25, 0.3) is 0 Å². The largest absolute Gasteiger partial charge is 0.491 e. The molecule has 0 saturated heterocycles. The zero-order valence-electron chi connectivity index (χ0n) is 16.6. The molecule has 0 atom stereocenters. The van der Waals surface area contributed by atoms with Gasteiger partial charge >= 0.3 is 5.97 Å². The summed E-state index contributed by atoms with van der Waals surface area (Å²) in [5, 5.41) is 2.69. The van der Waals surface area contributed by atoms with Gasteiger partial charge in [-0.2, -0.15) is 0 Å². The smallest absolute Gasteiger partial charge is 0.305 e. The lowest BCUT2D eigenvalue weighted by atomic mass is 10.1. The zero-order valence-corrected chi connectivity index (χ0v) is 16.6. The van der Waals surface area contributed by atoms with Crippen LogP contribution >= 0.6 is 0 Å². The number of anilines is 1. The Morgan fingerprint density at radius 3 is 2.26 bits per heavy atom. The van der Waals surface area contributed by atoms with Crippen LogP contribution in [0, 0.1) is 0 Å². The molecule has 1 rings (SSSR count). The standard InChI is InChI=1S/C21H33NO5/c1-3-4-5-6-7-8-9-21(24)27-17-15-25-14-16-26-20-12-10-19(11-13-20)22-18(2)23/h10-13H,3-9,14-17H2,1-2H3,(H,22,23). The summed E-state index contributed by atoms with van der Waals surface area (Å²) in [6.07, 6.45) is 7.43. The monoisotopic (exact) mass is 379 g/mol. The minimum atomic E-state index is -0.149. The van der Waals surface area contributed by atoms with Crippen molar-refractivity contribution in [1.82, 2.24) is 0 Å². The fourth-order valence-electron chi connectivity index (χ4n) is 2.49. The van der Waals surface area contributed by atoms with Crippen LogP contribution in [0.5, 0.6) is 5.75 Å². The predicted octanol–water partition coefficient (Wildman–Crippen LogP) is 4.33.